The molecule has 10 heavy (non-hydrogen) atoms. The summed E-state index contributed by atoms with van der Waals surface area (Å²) in [5.74, 6) is -1.24. The van der Waals surface area contributed by atoms with Gasteiger partial charge >= 0.3 is 0 Å². The second-order valence-corrected chi connectivity index (χ2v) is 1.94. The van der Waals surface area contributed by atoms with Gasteiger partial charge in [-0.05, 0) is 18.6 Å². The van der Waals surface area contributed by atoms with Crippen LogP contribution in [0.25, 0.3) is 0 Å². The maximum Gasteiger partial charge on any atom is 0.200 e. The van der Waals surface area contributed by atoms with Gasteiger partial charge in [0.15, 0.2) is 11.5 Å². The first-order valence-electron chi connectivity index (χ1n) is 2.69. The lowest BCUT2D eigenvalue weighted by Crippen LogP contribution is -1.75. The number of aromatic hydroxyl groups is 3. The topological polar surface area (TPSA) is 60.7 Å². The Morgan fingerprint density at radius 3 is 2.10 bits per heavy atom. The first-order chi connectivity index (χ1) is 4.63. The Morgan fingerprint density at radius 1 is 1.00 bits per heavy atom. The number of benzene rings is 1. The molecule has 0 unspecified atom stereocenters. The van der Waals surface area contributed by atoms with Crippen molar-refractivity contribution in [1.29, 1.82) is 0 Å². The molecule has 0 aliphatic carbocycles. The molecule has 0 atom stereocenters. The Hall–Kier alpha value is -1.38. The highest BCUT2D eigenvalue weighted by Crippen LogP contribution is 2.36. The van der Waals surface area contributed by atoms with Crippen molar-refractivity contribution in [2.45, 2.75) is 0 Å². The minimum atomic E-state index is -0.521. The summed E-state index contributed by atoms with van der Waals surface area (Å²) in [6.45, 7) is 3.40. The monoisotopic (exact) mass is 139 g/mol. The van der Waals surface area contributed by atoms with E-state index in [9.17, 15) is 0 Å². The summed E-state index contributed by atoms with van der Waals surface area (Å²) >= 11 is 0. The predicted molar refractivity (Wildman–Crippen MR) is 35.9 cm³/mol. The lowest BCUT2D eigenvalue weighted by atomic mass is 10.2. The van der Waals surface area contributed by atoms with E-state index < -0.39 is 5.75 Å². The molecule has 0 spiro atoms. The molecule has 1 radical (unpaired) electrons. The van der Waals surface area contributed by atoms with Crippen LogP contribution >= 0.6 is 0 Å². The number of hydrogen-bond donors (Lipinski definition) is 3. The van der Waals surface area contributed by atoms with E-state index in [0.717, 1.165) is 0 Å². The second-order valence-electron chi connectivity index (χ2n) is 1.94. The van der Waals surface area contributed by atoms with Gasteiger partial charge in [-0.3, -0.25) is 0 Å². The van der Waals surface area contributed by atoms with Crippen molar-refractivity contribution in [2.24, 2.45) is 0 Å². The molecule has 3 heteroatoms. The zero-order valence-electron chi connectivity index (χ0n) is 5.20. The SMILES string of the molecule is [CH2]c1ccc(O)c(O)c1O. The summed E-state index contributed by atoms with van der Waals surface area (Å²) in [6.07, 6.45) is 0. The summed E-state index contributed by atoms with van der Waals surface area (Å²) in [5, 5.41) is 26.5. The van der Waals surface area contributed by atoms with Gasteiger partial charge in [0.25, 0.3) is 0 Å². The molecular weight excluding hydrogens is 132 g/mol. The molecule has 1 aromatic carbocycles. The molecule has 0 heterocycles. The number of phenolic OH excluding ortho intramolecular Hbond substituents is 3. The van der Waals surface area contributed by atoms with E-state index in [2.05, 4.69) is 6.92 Å². The van der Waals surface area contributed by atoms with E-state index in [0.29, 0.717) is 0 Å². The second kappa shape index (κ2) is 2.10. The number of rotatable bonds is 0. The van der Waals surface area contributed by atoms with Crippen LogP contribution in [0.5, 0.6) is 17.2 Å². The normalized spacial score (nSPS) is 9.70. The molecule has 1 rings (SSSR count). The fraction of sp³-hybridized carbons (Fsp3) is 0. The molecule has 0 aliphatic rings. The molecule has 0 fully saturated rings. The number of hydrogen-bond acceptors (Lipinski definition) is 3. The standard InChI is InChI=1S/C7H7O3/c1-4-2-3-5(8)7(10)6(4)9/h2-3,8-10H,1H2. The third-order valence-electron chi connectivity index (χ3n) is 1.21. The van der Waals surface area contributed by atoms with E-state index in [4.69, 9.17) is 15.3 Å². The summed E-state index contributed by atoms with van der Waals surface area (Å²) < 4.78 is 0. The van der Waals surface area contributed by atoms with Gasteiger partial charge in [0.2, 0.25) is 5.75 Å². The van der Waals surface area contributed by atoms with Crippen LogP contribution in [-0.2, 0) is 0 Å². The quantitative estimate of drug-likeness (QED) is 0.469. The molecule has 0 saturated carbocycles. The van der Waals surface area contributed by atoms with Gasteiger partial charge in [-0.1, -0.05) is 6.07 Å². The van der Waals surface area contributed by atoms with Gasteiger partial charge in [-0.25, -0.2) is 0 Å². The summed E-state index contributed by atoms with van der Waals surface area (Å²) in [6, 6.07) is 2.67. The maximum absolute atomic E-state index is 8.91. The fourth-order valence-corrected chi connectivity index (χ4v) is 0.611. The van der Waals surface area contributed by atoms with Gasteiger partial charge in [-0.15, -0.1) is 0 Å². The van der Waals surface area contributed by atoms with Crippen LogP contribution < -0.4 is 0 Å². The van der Waals surface area contributed by atoms with Crippen molar-refractivity contribution >= 4 is 0 Å². The van der Waals surface area contributed by atoms with Crippen LogP contribution in [-0.4, -0.2) is 15.3 Å². The zero-order chi connectivity index (χ0) is 7.72. The lowest BCUT2D eigenvalue weighted by Gasteiger charge is -2.01. The van der Waals surface area contributed by atoms with Crippen molar-refractivity contribution in [2.75, 3.05) is 0 Å². The van der Waals surface area contributed by atoms with E-state index in [1.54, 1.807) is 0 Å². The smallest absolute Gasteiger partial charge is 0.200 e. The van der Waals surface area contributed by atoms with Gasteiger partial charge in [0.1, 0.15) is 0 Å². The first kappa shape index (κ1) is 6.74. The average Bonchev–Trinajstić information content (AvgIpc) is 1.93. The molecule has 53 valence electrons. The average molecular weight is 139 g/mol. The predicted octanol–water partition coefficient (Wildman–Crippen LogP) is 0.986. The van der Waals surface area contributed by atoms with Gasteiger partial charge < -0.3 is 15.3 Å². The lowest BCUT2D eigenvalue weighted by molar-refractivity contribution is 0.367. The highest BCUT2D eigenvalue weighted by Gasteiger charge is 2.06. The Bertz CT molecular complexity index is 228. The van der Waals surface area contributed by atoms with Gasteiger partial charge in [-0.2, -0.15) is 0 Å². The third kappa shape index (κ3) is 0.857. The molecule has 3 nitrogen and oxygen atoms in total. The summed E-state index contributed by atoms with van der Waals surface area (Å²) in [4.78, 5) is 0. The Balaban J connectivity index is 3.34. The van der Waals surface area contributed by atoms with Gasteiger partial charge in [0, 0.05) is 0 Å². The van der Waals surface area contributed by atoms with Crippen LogP contribution in [0.4, 0.5) is 0 Å². The minimum Gasteiger partial charge on any atom is -0.504 e. The largest absolute Gasteiger partial charge is 0.504 e. The molecule has 0 bridgehead atoms. The van der Waals surface area contributed by atoms with Crippen LogP contribution in [0.2, 0.25) is 0 Å². The minimum absolute atomic E-state index is 0.287. The fourth-order valence-electron chi connectivity index (χ4n) is 0.611. The molecule has 0 amide bonds. The number of phenols is 3. The van der Waals surface area contributed by atoms with E-state index in [-0.39, 0.29) is 17.1 Å². The van der Waals surface area contributed by atoms with Crippen molar-refractivity contribution in [3.63, 3.8) is 0 Å². The van der Waals surface area contributed by atoms with Crippen LogP contribution in [0.15, 0.2) is 12.1 Å². The first-order valence-corrected chi connectivity index (χ1v) is 2.69. The molecule has 0 saturated heterocycles. The van der Waals surface area contributed by atoms with E-state index in [1.165, 1.54) is 12.1 Å². The highest BCUT2D eigenvalue weighted by molar-refractivity contribution is 5.53. The van der Waals surface area contributed by atoms with E-state index >= 15 is 0 Å². The van der Waals surface area contributed by atoms with Crippen molar-refractivity contribution in [3.05, 3.63) is 24.6 Å². The Morgan fingerprint density at radius 2 is 1.60 bits per heavy atom. The summed E-state index contributed by atoms with van der Waals surface area (Å²) in [5.41, 5.74) is 0.287. The van der Waals surface area contributed by atoms with Crippen molar-refractivity contribution in [3.8, 4) is 17.2 Å². The summed E-state index contributed by atoms with van der Waals surface area (Å²) in [7, 11) is 0. The van der Waals surface area contributed by atoms with Crippen molar-refractivity contribution < 1.29 is 15.3 Å². The van der Waals surface area contributed by atoms with Gasteiger partial charge in [0.05, 0.1) is 0 Å². The van der Waals surface area contributed by atoms with Crippen LogP contribution in [0.1, 0.15) is 5.56 Å². The maximum atomic E-state index is 8.91. The third-order valence-corrected chi connectivity index (χ3v) is 1.21. The zero-order valence-corrected chi connectivity index (χ0v) is 5.20. The molecule has 3 N–H and O–H groups in total. The van der Waals surface area contributed by atoms with Crippen molar-refractivity contribution in [1.82, 2.24) is 0 Å². The molecule has 0 aromatic heterocycles. The molecule has 0 aliphatic heterocycles. The van der Waals surface area contributed by atoms with Crippen LogP contribution in [0, 0.1) is 6.92 Å². The van der Waals surface area contributed by atoms with Crippen LogP contribution in [0.3, 0.4) is 0 Å². The molecule has 1 aromatic rings. The molecular formula is C7H7O3. The Kier molecular flexibility index (Phi) is 1.41. The highest BCUT2D eigenvalue weighted by atomic mass is 16.3. The van der Waals surface area contributed by atoms with E-state index in [1.807, 2.05) is 0 Å². The Labute approximate surface area is 58.2 Å².